The van der Waals surface area contributed by atoms with Gasteiger partial charge in [-0.15, -0.1) is 0 Å². The lowest BCUT2D eigenvalue weighted by Crippen LogP contribution is -2.25. The summed E-state index contributed by atoms with van der Waals surface area (Å²) < 4.78 is 10.5. The first-order valence-corrected chi connectivity index (χ1v) is 9.54. The van der Waals surface area contributed by atoms with E-state index in [1.165, 1.54) is 0 Å². The number of benzene rings is 3. The van der Waals surface area contributed by atoms with Gasteiger partial charge in [0.15, 0.2) is 5.11 Å². The molecule has 0 atom stereocenters. The molecule has 0 spiro atoms. The zero-order valence-corrected chi connectivity index (χ0v) is 17.4. The second-order valence-corrected chi connectivity index (χ2v) is 6.83. The summed E-state index contributed by atoms with van der Waals surface area (Å²) in [5.41, 5.74) is 12.2. The number of rotatable bonds is 6. The number of ether oxygens (including phenoxy) is 2. The van der Waals surface area contributed by atoms with Crippen molar-refractivity contribution in [3.63, 3.8) is 0 Å². The third kappa shape index (κ3) is 5.42. The number of thiocarbonyl (C=S) groups is 1. The Kier molecular flexibility index (Phi) is 6.77. The van der Waals surface area contributed by atoms with Crippen LogP contribution in [-0.2, 0) is 0 Å². The monoisotopic (exact) mass is 419 g/mol. The average molecular weight is 420 g/mol. The number of carbonyl (C=O) groups excluding carboxylic acids is 1. The van der Waals surface area contributed by atoms with Crippen LogP contribution in [0.1, 0.15) is 22.8 Å². The van der Waals surface area contributed by atoms with Crippen molar-refractivity contribution in [2.45, 2.75) is 6.92 Å². The Hall–Kier alpha value is -3.71. The zero-order chi connectivity index (χ0) is 21.5. The van der Waals surface area contributed by atoms with Gasteiger partial charge in [0.05, 0.1) is 18.4 Å². The quantitative estimate of drug-likeness (QED) is 0.205. The first kappa shape index (κ1) is 21.0. The number of carbonyl (C=O) groups is 1. The average Bonchev–Trinajstić information content (AvgIpc) is 2.78. The van der Waals surface area contributed by atoms with E-state index in [9.17, 15) is 4.79 Å². The maximum atomic E-state index is 12.3. The summed E-state index contributed by atoms with van der Waals surface area (Å²) in [5, 5.41) is 4.24. The van der Waals surface area contributed by atoms with Gasteiger partial charge in [0.2, 0.25) is 0 Å². The maximum absolute atomic E-state index is 12.3. The van der Waals surface area contributed by atoms with Crippen LogP contribution in [0.2, 0.25) is 0 Å². The molecular formula is C23H21N3O3S. The van der Waals surface area contributed by atoms with Crippen LogP contribution >= 0.6 is 12.2 Å². The topological polar surface area (TPSA) is 85.9 Å². The van der Waals surface area contributed by atoms with Gasteiger partial charge in [-0.1, -0.05) is 36.4 Å². The highest BCUT2D eigenvalue weighted by atomic mass is 32.1. The Morgan fingerprint density at radius 3 is 1.90 bits per heavy atom. The number of hydrazone groups is 1. The molecule has 7 heteroatoms. The fourth-order valence-electron chi connectivity index (χ4n) is 2.72. The molecule has 152 valence electrons. The molecule has 3 rings (SSSR count). The number of hydrogen-bond donors (Lipinski definition) is 2. The van der Waals surface area contributed by atoms with Crippen LogP contribution < -0.4 is 20.6 Å². The van der Waals surface area contributed by atoms with E-state index in [1.807, 2.05) is 43.3 Å². The van der Waals surface area contributed by atoms with E-state index in [4.69, 9.17) is 27.4 Å². The third-order valence-corrected chi connectivity index (χ3v) is 4.45. The maximum Gasteiger partial charge on any atom is 0.343 e. The fraction of sp³-hybridized carbons (Fsp3) is 0.0870. The number of nitrogens with one attached hydrogen (secondary N) is 1. The van der Waals surface area contributed by atoms with Gasteiger partial charge in [0, 0.05) is 0 Å². The lowest BCUT2D eigenvalue weighted by atomic mass is 10.0. The van der Waals surface area contributed by atoms with Gasteiger partial charge >= 0.3 is 5.97 Å². The minimum Gasteiger partial charge on any atom is -0.497 e. The molecule has 30 heavy (non-hydrogen) atoms. The number of methoxy groups -OCH3 is 1. The number of nitrogens with two attached hydrogens (primary N) is 1. The molecule has 3 N–H and O–H groups in total. The van der Waals surface area contributed by atoms with E-state index >= 15 is 0 Å². The second-order valence-electron chi connectivity index (χ2n) is 6.39. The van der Waals surface area contributed by atoms with Crippen molar-refractivity contribution in [2.75, 3.05) is 7.11 Å². The Labute approximate surface area is 180 Å². The molecule has 0 heterocycles. The first-order valence-electron chi connectivity index (χ1n) is 9.13. The summed E-state index contributed by atoms with van der Waals surface area (Å²) in [7, 11) is 1.58. The van der Waals surface area contributed by atoms with Crippen LogP contribution in [0.3, 0.4) is 0 Å². The van der Waals surface area contributed by atoms with E-state index in [0.717, 1.165) is 22.4 Å². The van der Waals surface area contributed by atoms with E-state index in [1.54, 1.807) is 43.5 Å². The van der Waals surface area contributed by atoms with Gasteiger partial charge in [-0.05, 0) is 72.2 Å². The normalized spacial score (nSPS) is 10.9. The Bertz CT molecular complexity index is 1060. The van der Waals surface area contributed by atoms with E-state index in [0.29, 0.717) is 17.1 Å². The smallest absolute Gasteiger partial charge is 0.343 e. The van der Waals surface area contributed by atoms with Crippen molar-refractivity contribution < 1.29 is 14.3 Å². The van der Waals surface area contributed by atoms with E-state index in [-0.39, 0.29) is 5.11 Å². The molecule has 0 aromatic heterocycles. The Morgan fingerprint density at radius 1 is 0.867 bits per heavy atom. The highest BCUT2D eigenvalue weighted by Gasteiger charge is 2.09. The molecule has 0 saturated heterocycles. The van der Waals surface area contributed by atoms with Crippen LogP contribution in [0.4, 0.5) is 0 Å². The summed E-state index contributed by atoms with van der Waals surface area (Å²) >= 11 is 4.75. The highest BCUT2D eigenvalue weighted by Crippen LogP contribution is 2.24. The van der Waals surface area contributed by atoms with Crippen LogP contribution in [0, 0.1) is 0 Å². The minimum absolute atomic E-state index is 0.124. The van der Waals surface area contributed by atoms with Gasteiger partial charge in [0.25, 0.3) is 0 Å². The molecule has 0 radical (unpaired) electrons. The largest absolute Gasteiger partial charge is 0.497 e. The van der Waals surface area contributed by atoms with Crippen molar-refractivity contribution in [3.8, 4) is 22.6 Å². The van der Waals surface area contributed by atoms with Crippen LogP contribution in [-0.4, -0.2) is 23.9 Å². The van der Waals surface area contributed by atoms with Crippen LogP contribution in [0.15, 0.2) is 77.9 Å². The zero-order valence-electron chi connectivity index (χ0n) is 16.6. The van der Waals surface area contributed by atoms with Gasteiger partial charge in [-0.2, -0.15) is 5.10 Å². The third-order valence-electron chi connectivity index (χ3n) is 4.36. The number of nitrogens with zero attached hydrogens (tertiary/aromatic N) is 1. The van der Waals surface area contributed by atoms with Crippen molar-refractivity contribution >= 4 is 29.0 Å². The van der Waals surface area contributed by atoms with Crippen molar-refractivity contribution in [1.29, 1.82) is 0 Å². The molecule has 0 amide bonds. The summed E-state index contributed by atoms with van der Waals surface area (Å²) in [4.78, 5) is 12.3. The molecule has 6 nitrogen and oxygen atoms in total. The van der Waals surface area contributed by atoms with Gasteiger partial charge in [-0.25, -0.2) is 4.79 Å². The molecular weight excluding hydrogens is 398 g/mol. The molecule has 0 aliphatic carbocycles. The summed E-state index contributed by atoms with van der Waals surface area (Å²) in [5.74, 6) is 0.737. The van der Waals surface area contributed by atoms with E-state index in [2.05, 4.69) is 10.5 Å². The molecule has 0 fully saturated rings. The first-order chi connectivity index (χ1) is 14.5. The SMILES string of the molecule is COc1ccc(C(=O)Oc2ccc(-c3ccc(/C(C)=N/NC(N)=S)cc3)cc2)cc1. The molecule has 3 aromatic carbocycles. The molecule has 0 bridgehead atoms. The fourth-order valence-corrected chi connectivity index (χ4v) is 2.76. The van der Waals surface area contributed by atoms with Gasteiger partial charge < -0.3 is 15.2 Å². The van der Waals surface area contributed by atoms with Crippen molar-refractivity contribution in [1.82, 2.24) is 5.43 Å². The van der Waals surface area contributed by atoms with Gasteiger partial charge in [-0.3, -0.25) is 5.43 Å². The lowest BCUT2D eigenvalue weighted by Gasteiger charge is -2.08. The van der Waals surface area contributed by atoms with Gasteiger partial charge in [0.1, 0.15) is 11.5 Å². The molecule has 0 aliphatic heterocycles. The Balaban J connectivity index is 1.67. The van der Waals surface area contributed by atoms with E-state index < -0.39 is 5.97 Å². The molecule has 0 unspecified atom stereocenters. The summed E-state index contributed by atoms with van der Waals surface area (Å²) in [6, 6.07) is 22.0. The van der Waals surface area contributed by atoms with Crippen molar-refractivity contribution in [3.05, 3.63) is 83.9 Å². The van der Waals surface area contributed by atoms with Crippen LogP contribution in [0.5, 0.6) is 11.5 Å². The lowest BCUT2D eigenvalue weighted by molar-refractivity contribution is 0.0734. The standard InChI is InChI=1S/C23H21N3O3S/c1-15(25-26-23(24)30)16-3-5-17(6-4-16)18-7-13-21(14-8-18)29-22(27)19-9-11-20(28-2)12-10-19/h3-14H,1-2H3,(H3,24,26,30)/b25-15+. The molecule has 0 aliphatic rings. The number of esters is 1. The van der Waals surface area contributed by atoms with Crippen molar-refractivity contribution in [2.24, 2.45) is 10.8 Å². The number of hydrogen-bond acceptors (Lipinski definition) is 5. The molecule has 0 saturated carbocycles. The predicted molar refractivity (Wildman–Crippen MR) is 122 cm³/mol. The summed E-state index contributed by atoms with van der Waals surface area (Å²) in [6.07, 6.45) is 0. The second kappa shape index (κ2) is 9.67. The minimum atomic E-state index is -0.421. The summed E-state index contributed by atoms with van der Waals surface area (Å²) in [6.45, 7) is 1.87. The Morgan fingerprint density at radius 2 is 1.37 bits per heavy atom. The van der Waals surface area contributed by atoms with Crippen LogP contribution in [0.25, 0.3) is 11.1 Å². The predicted octanol–water partition coefficient (Wildman–Crippen LogP) is 4.14. The molecule has 3 aromatic rings. The highest BCUT2D eigenvalue weighted by molar-refractivity contribution is 7.80.